The zero-order chi connectivity index (χ0) is 15.6. The smallest absolute Gasteiger partial charge is 0.420 e. The van der Waals surface area contributed by atoms with Crippen LogP contribution in [0.25, 0.3) is 0 Å². The van der Waals surface area contributed by atoms with Crippen LogP contribution in [0.1, 0.15) is 15.9 Å². The summed E-state index contributed by atoms with van der Waals surface area (Å²) in [7, 11) is 0. The molecule has 0 unspecified atom stereocenters. The van der Waals surface area contributed by atoms with Gasteiger partial charge in [0.15, 0.2) is 11.6 Å². The molecule has 2 aromatic rings. The SMILES string of the molecule is O=Cc1ccc(Oc2ccc(Br)cc2F)c(C(F)(F)F)c1. The molecule has 0 amide bonds. The Bertz CT molecular complexity index is 683. The second-order valence-electron chi connectivity index (χ2n) is 4.05. The molecule has 110 valence electrons. The average molecular weight is 363 g/mol. The third-order valence-electron chi connectivity index (χ3n) is 2.56. The lowest BCUT2D eigenvalue weighted by Gasteiger charge is -2.14. The number of ether oxygens (including phenoxy) is 1. The van der Waals surface area contributed by atoms with E-state index in [-0.39, 0.29) is 11.3 Å². The summed E-state index contributed by atoms with van der Waals surface area (Å²) >= 11 is 3.03. The fourth-order valence-corrected chi connectivity index (χ4v) is 1.94. The van der Waals surface area contributed by atoms with E-state index in [0.717, 1.165) is 18.2 Å². The minimum absolute atomic E-state index is 0.147. The van der Waals surface area contributed by atoms with Crippen LogP contribution in [0.5, 0.6) is 11.5 Å². The van der Waals surface area contributed by atoms with Crippen molar-refractivity contribution in [1.29, 1.82) is 0 Å². The van der Waals surface area contributed by atoms with Gasteiger partial charge in [-0.05, 0) is 36.4 Å². The molecule has 2 nitrogen and oxygen atoms in total. The normalized spacial score (nSPS) is 11.3. The molecule has 0 bridgehead atoms. The molecule has 0 aromatic heterocycles. The van der Waals surface area contributed by atoms with Crippen LogP contribution in [0.4, 0.5) is 17.6 Å². The predicted molar refractivity (Wildman–Crippen MR) is 71.0 cm³/mol. The third kappa shape index (κ3) is 3.60. The molecule has 0 aliphatic rings. The molecular weight excluding hydrogens is 356 g/mol. The topological polar surface area (TPSA) is 26.3 Å². The Kier molecular flexibility index (Phi) is 4.32. The zero-order valence-electron chi connectivity index (χ0n) is 10.2. The van der Waals surface area contributed by atoms with E-state index in [0.29, 0.717) is 16.8 Å². The number of carbonyl (C=O) groups is 1. The first-order valence-electron chi connectivity index (χ1n) is 5.60. The van der Waals surface area contributed by atoms with Gasteiger partial charge in [-0.15, -0.1) is 0 Å². The standard InChI is InChI=1S/C14H7BrF4O2/c15-9-2-4-13(11(16)6-9)21-12-3-1-8(7-20)5-10(12)14(17,18)19/h1-7H. The van der Waals surface area contributed by atoms with E-state index in [1.165, 1.54) is 12.1 Å². The maximum Gasteiger partial charge on any atom is 0.420 e. The van der Waals surface area contributed by atoms with Gasteiger partial charge in [0.1, 0.15) is 12.0 Å². The predicted octanol–water partition coefficient (Wildman–Crippen LogP) is 5.21. The summed E-state index contributed by atoms with van der Waals surface area (Å²) in [5.74, 6) is -1.73. The molecule has 0 heterocycles. The number of hydrogen-bond donors (Lipinski definition) is 0. The summed E-state index contributed by atoms with van der Waals surface area (Å²) in [4.78, 5) is 10.6. The number of carbonyl (C=O) groups excluding carboxylic acids is 1. The quantitative estimate of drug-likeness (QED) is 0.553. The lowest BCUT2D eigenvalue weighted by Crippen LogP contribution is -2.08. The molecule has 0 saturated carbocycles. The summed E-state index contributed by atoms with van der Waals surface area (Å²) in [5, 5.41) is 0. The maximum atomic E-state index is 13.6. The van der Waals surface area contributed by atoms with Crippen molar-refractivity contribution in [3.63, 3.8) is 0 Å². The Morgan fingerprint density at radius 2 is 1.71 bits per heavy atom. The molecular formula is C14H7BrF4O2. The minimum Gasteiger partial charge on any atom is -0.454 e. The molecule has 0 saturated heterocycles. The van der Waals surface area contributed by atoms with Gasteiger partial charge in [-0.1, -0.05) is 15.9 Å². The Morgan fingerprint density at radius 1 is 1.05 bits per heavy atom. The van der Waals surface area contributed by atoms with E-state index in [1.54, 1.807) is 0 Å². The van der Waals surface area contributed by atoms with Crippen LogP contribution >= 0.6 is 15.9 Å². The number of hydrogen-bond acceptors (Lipinski definition) is 2. The fraction of sp³-hybridized carbons (Fsp3) is 0.0714. The van der Waals surface area contributed by atoms with E-state index >= 15 is 0 Å². The number of rotatable bonds is 3. The molecule has 0 aliphatic carbocycles. The maximum absolute atomic E-state index is 13.6. The first-order chi connectivity index (χ1) is 9.81. The van der Waals surface area contributed by atoms with Crippen molar-refractivity contribution in [3.8, 4) is 11.5 Å². The van der Waals surface area contributed by atoms with E-state index in [1.807, 2.05) is 0 Å². The molecule has 0 radical (unpaired) electrons. The Balaban J connectivity index is 2.46. The van der Waals surface area contributed by atoms with Gasteiger partial charge in [-0.25, -0.2) is 4.39 Å². The molecule has 21 heavy (non-hydrogen) atoms. The highest BCUT2D eigenvalue weighted by molar-refractivity contribution is 9.10. The van der Waals surface area contributed by atoms with Crippen molar-refractivity contribution in [2.75, 3.05) is 0 Å². The molecule has 0 N–H and O–H groups in total. The summed E-state index contributed by atoms with van der Waals surface area (Å²) in [6, 6.07) is 6.50. The summed E-state index contributed by atoms with van der Waals surface area (Å²) in [6.07, 6.45) is -4.43. The zero-order valence-corrected chi connectivity index (χ0v) is 11.8. The van der Waals surface area contributed by atoms with Crippen molar-refractivity contribution in [3.05, 3.63) is 57.8 Å². The van der Waals surface area contributed by atoms with Crippen LogP contribution in [-0.4, -0.2) is 6.29 Å². The molecule has 0 fully saturated rings. The number of halogens is 5. The molecule has 2 rings (SSSR count). The van der Waals surface area contributed by atoms with E-state index in [9.17, 15) is 22.4 Å². The van der Waals surface area contributed by atoms with Gasteiger partial charge in [0.2, 0.25) is 0 Å². The average Bonchev–Trinajstić information content (AvgIpc) is 2.41. The third-order valence-corrected chi connectivity index (χ3v) is 3.05. The van der Waals surface area contributed by atoms with Crippen LogP contribution in [0, 0.1) is 5.82 Å². The van der Waals surface area contributed by atoms with E-state index in [4.69, 9.17) is 4.74 Å². The minimum atomic E-state index is -4.72. The Morgan fingerprint density at radius 3 is 2.29 bits per heavy atom. The van der Waals surface area contributed by atoms with Crippen molar-refractivity contribution in [2.45, 2.75) is 6.18 Å². The fourth-order valence-electron chi connectivity index (χ4n) is 1.61. The van der Waals surface area contributed by atoms with Gasteiger partial charge in [0.25, 0.3) is 0 Å². The lowest BCUT2D eigenvalue weighted by molar-refractivity contribution is -0.138. The van der Waals surface area contributed by atoms with Gasteiger partial charge in [-0.3, -0.25) is 4.79 Å². The summed E-state index contributed by atoms with van der Waals surface area (Å²) < 4.78 is 57.8. The molecule has 0 atom stereocenters. The van der Waals surface area contributed by atoms with Gasteiger partial charge in [-0.2, -0.15) is 13.2 Å². The largest absolute Gasteiger partial charge is 0.454 e. The first kappa shape index (κ1) is 15.5. The van der Waals surface area contributed by atoms with Crippen LogP contribution < -0.4 is 4.74 Å². The highest BCUT2D eigenvalue weighted by Crippen LogP contribution is 2.39. The van der Waals surface area contributed by atoms with Crippen LogP contribution in [0.2, 0.25) is 0 Å². The van der Waals surface area contributed by atoms with Crippen molar-refractivity contribution < 1.29 is 27.1 Å². The van der Waals surface area contributed by atoms with Crippen molar-refractivity contribution in [1.82, 2.24) is 0 Å². The van der Waals surface area contributed by atoms with Crippen LogP contribution in [0.15, 0.2) is 40.9 Å². The van der Waals surface area contributed by atoms with Gasteiger partial charge in [0, 0.05) is 10.0 Å². The second-order valence-corrected chi connectivity index (χ2v) is 4.96. The van der Waals surface area contributed by atoms with E-state index < -0.39 is 23.3 Å². The monoisotopic (exact) mass is 362 g/mol. The second kappa shape index (κ2) is 5.85. The molecule has 7 heteroatoms. The lowest BCUT2D eigenvalue weighted by atomic mass is 10.1. The number of benzene rings is 2. The molecule has 0 spiro atoms. The summed E-state index contributed by atoms with van der Waals surface area (Å²) in [5.41, 5.74) is -1.29. The van der Waals surface area contributed by atoms with Crippen LogP contribution in [-0.2, 0) is 6.18 Å². The van der Waals surface area contributed by atoms with Crippen molar-refractivity contribution >= 4 is 22.2 Å². The van der Waals surface area contributed by atoms with E-state index in [2.05, 4.69) is 15.9 Å². The molecule has 0 aliphatic heterocycles. The number of alkyl halides is 3. The van der Waals surface area contributed by atoms with Gasteiger partial charge in [0.05, 0.1) is 5.56 Å². The van der Waals surface area contributed by atoms with Crippen molar-refractivity contribution in [2.24, 2.45) is 0 Å². The number of aldehydes is 1. The molecule has 2 aromatic carbocycles. The Hall–Kier alpha value is -1.89. The van der Waals surface area contributed by atoms with Gasteiger partial charge >= 0.3 is 6.18 Å². The first-order valence-corrected chi connectivity index (χ1v) is 6.40. The van der Waals surface area contributed by atoms with Gasteiger partial charge < -0.3 is 4.74 Å². The Labute approximate surface area is 125 Å². The van der Waals surface area contributed by atoms with Crippen LogP contribution in [0.3, 0.4) is 0 Å². The highest BCUT2D eigenvalue weighted by Gasteiger charge is 2.35. The highest BCUT2D eigenvalue weighted by atomic mass is 79.9. The summed E-state index contributed by atoms with van der Waals surface area (Å²) in [6.45, 7) is 0.